The minimum Gasteiger partial charge on any atom is -0.851 e. The van der Waals surface area contributed by atoms with Crippen molar-refractivity contribution in [3.05, 3.63) is 108 Å². The molecule has 0 saturated heterocycles. The zero-order chi connectivity index (χ0) is 27.9. The Hall–Kier alpha value is -5.06. The van der Waals surface area contributed by atoms with E-state index in [4.69, 9.17) is 18.3 Å². The summed E-state index contributed by atoms with van der Waals surface area (Å²) in [6.45, 7) is 0. The summed E-state index contributed by atoms with van der Waals surface area (Å²) in [5, 5.41) is 37.6. The fraction of sp³-hybridized carbons (Fsp3) is 0.188. The Morgan fingerprint density at radius 2 is 1.07 bits per heavy atom. The summed E-state index contributed by atoms with van der Waals surface area (Å²) >= 11 is 0. The largest absolute Gasteiger partial charge is 0.851 e. The average Bonchev–Trinajstić information content (AvgIpc) is 3.75. The van der Waals surface area contributed by atoms with Gasteiger partial charge in [0, 0.05) is 12.4 Å². The van der Waals surface area contributed by atoms with Gasteiger partial charge in [-0.15, -0.1) is 12.2 Å². The lowest BCUT2D eigenvalue weighted by atomic mass is 9.62. The lowest BCUT2D eigenvalue weighted by Crippen LogP contribution is -2.63. The molecule has 2 N–H and O–H groups in total. The molecule has 6 aromatic rings. The molecule has 1 fully saturated rings. The number of nitrogens with one attached hydrogen (secondary N) is 2. The van der Waals surface area contributed by atoms with Gasteiger partial charge >= 0.3 is 0 Å². The van der Waals surface area contributed by atoms with Gasteiger partial charge < -0.3 is 39.2 Å². The summed E-state index contributed by atoms with van der Waals surface area (Å²) < 4.78 is 23.2. The highest BCUT2D eigenvalue weighted by molar-refractivity contribution is 6.02. The standard InChI is InChI=1S/C32H22N4O6/c37-27-25(15-5-7-19-23-17(15)9-11-33-31(23)41-29(35-19)21-3-1-13-39-21)28(38)26(27)16-6-8-20-24-18(16)10-12-34-32(24)42-30(36-20)22-4-2-14-40-22/h1-14,25-30,35-36H/q-2. The van der Waals surface area contributed by atoms with Gasteiger partial charge in [0.1, 0.15) is 0 Å². The van der Waals surface area contributed by atoms with Crippen LogP contribution in [0.5, 0.6) is 11.8 Å². The van der Waals surface area contributed by atoms with Crippen LogP contribution in [0.4, 0.5) is 11.4 Å². The molecule has 0 bridgehead atoms. The molecule has 1 aliphatic carbocycles. The van der Waals surface area contributed by atoms with Gasteiger partial charge in [0.25, 0.3) is 0 Å². The van der Waals surface area contributed by atoms with E-state index in [0.717, 1.165) is 32.9 Å². The van der Waals surface area contributed by atoms with Crippen LogP contribution in [0.15, 0.2) is 94.4 Å². The highest BCUT2D eigenvalue weighted by Crippen LogP contribution is 2.52. The lowest BCUT2D eigenvalue weighted by molar-refractivity contribution is -0.535. The zero-order valence-electron chi connectivity index (χ0n) is 21.9. The summed E-state index contributed by atoms with van der Waals surface area (Å²) in [6, 6.07) is 18.5. The van der Waals surface area contributed by atoms with Crippen molar-refractivity contribution in [2.24, 2.45) is 0 Å². The molecule has 10 heteroatoms. The van der Waals surface area contributed by atoms with Crippen molar-refractivity contribution < 1.29 is 28.5 Å². The fourth-order valence-corrected chi connectivity index (χ4v) is 6.67. The number of hydrogen-bond acceptors (Lipinski definition) is 10. The van der Waals surface area contributed by atoms with Crippen LogP contribution >= 0.6 is 0 Å². The summed E-state index contributed by atoms with van der Waals surface area (Å²) in [4.78, 5) is 8.88. The molecule has 3 aliphatic rings. The van der Waals surface area contributed by atoms with Gasteiger partial charge in [-0.05, 0) is 82.3 Å². The Labute approximate surface area is 238 Å². The van der Waals surface area contributed by atoms with Crippen molar-refractivity contribution in [2.45, 2.75) is 36.5 Å². The van der Waals surface area contributed by atoms with E-state index in [0.29, 0.717) is 34.4 Å². The molecule has 2 aliphatic heterocycles. The Morgan fingerprint density at radius 3 is 1.50 bits per heavy atom. The lowest BCUT2D eigenvalue weighted by Gasteiger charge is -2.62. The summed E-state index contributed by atoms with van der Waals surface area (Å²) in [5.74, 6) is 0.673. The highest BCUT2D eigenvalue weighted by Gasteiger charge is 2.41. The van der Waals surface area contributed by atoms with Crippen LogP contribution in [0.25, 0.3) is 21.5 Å². The first-order valence-electron chi connectivity index (χ1n) is 13.7. The molecule has 0 spiro atoms. The molecule has 2 unspecified atom stereocenters. The van der Waals surface area contributed by atoms with Crippen LogP contribution in [0, 0.1) is 0 Å². The van der Waals surface area contributed by atoms with Crippen LogP contribution in [0.3, 0.4) is 0 Å². The second kappa shape index (κ2) is 8.72. The van der Waals surface area contributed by atoms with Crippen LogP contribution < -0.4 is 30.3 Å². The van der Waals surface area contributed by atoms with Gasteiger partial charge in [-0.2, -0.15) is 0 Å². The van der Waals surface area contributed by atoms with Crippen molar-refractivity contribution in [1.29, 1.82) is 0 Å². The van der Waals surface area contributed by atoms with E-state index >= 15 is 0 Å². The smallest absolute Gasteiger partial charge is 0.230 e. The minimum absolute atomic E-state index is 0.432. The number of pyridine rings is 2. The number of anilines is 2. The van der Waals surface area contributed by atoms with Crippen molar-refractivity contribution in [1.82, 2.24) is 9.97 Å². The van der Waals surface area contributed by atoms with Crippen molar-refractivity contribution in [2.75, 3.05) is 10.6 Å². The molecule has 208 valence electrons. The first-order chi connectivity index (χ1) is 20.7. The molecule has 1 saturated carbocycles. The van der Waals surface area contributed by atoms with E-state index in [1.165, 1.54) is 0 Å². The molecule has 42 heavy (non-hydrogen) atoms. The minimum atomic E-state index is -1.13. The Balaban J connectivity index is 1.06. The molecular formula is C32H22N4O6-2. The third-order valence-electron chi connectivity index (χ3n) is 8.62. The molecule has 4 aromatic heterocycles. The zero-order valence-corrected chi connectivity index (χ0v) is 21.9. The maximum atomic E-state index is 13.9. The topological polar surface area (TPSA) is 141 Å². The maximum absolute atomic E-state index is 13.9. The molecule has 6 heterocycles. The number of nitrogens with zero attached hydrogens (tertiary/aromatic N) is 2. The van der Waals surface area contributed by atoms with Crippen LogP contribution in [-0.2, 0) is 0 Å². The monoisotopic (exact) mass is 558 g/mol. The number of ether oxygens (including phenoxy) is 2. The third-order valence-corrected chi connectivity index (χ3v) is 8.62. The molecule has 2 aromatic carbocycles. The van der Waals surface area contributed by atoms with E-state index in [1.807, 2.05) is 48.5 Å². The molecule has 0 amide bonds. The predicted octanol–water partition coefficient (Wildman–Crippen LogP) is 4.31. The molecule has 10 nitrogen and oxygen atoms in total. The van der Waals surface area contributed by atoms with E-state index in [1.54, 1.807) is 37.1 Å². The predicted molar refractivity (Wildman–Crippen MR) is 148 cm³/mol. The summed E-state index contributed by atoms with van der Waals surface area (Å²) in [7, 11) is 0. The van der Waals surface area contributed by atoms with Gasteiger partial charge in [-0.1, -0.05) is 12.1 Å². The maximum Gasteiger partial charge on any atom is 0.230 e. The Bertz CT molecular complexity index is 1800. The molecule has 9 rings (SSSR count). The van der Waals surface area contributed by atoms with Crippen molar-refractivity contribution in [3.63, 3.8) is 0 Å². The second-order valence-electron chi connectivity index (χ2n) is 10.8. The first kappa shape index (κ1) is 23.6. The molecule has 2 atom stereocenters. The number of aromatic nitrogens is 2. The Morgan fingerprint density at radius 1 is 0.595 bits per heavy atom. The molecule has 0 radical (unpaired) electrons. The Kier molecular flexibility index (Phi) is 4.90. The normalized spacial score (nSPS) is 25.7. The highest BCUT2D eigenvalue weighted by atomic mass is 16.5. The van der Waals surface area contributed by atoms with Crippen LogP contribution in [0.1, 0.15) is 46.9 Å². The SMILES string of the molecule is [O-]C1C(c2ccc3c4c(nccc24)OC(c2ccco2)N3)C([O-])C1c1ccc2c3c(nccc13)OC(c1ccco1)N2. The van der Waals surface area contributed by atoms with E-state index < -0.39 is 36.5 Å². The van der Waals surface area contributed by atoms with Gasteiger partial charge in [-0.3, -0.25) is 0 Å². The first-order valence-corrected chi connectivity index (χ1v) is 13.7. The quantitative estimate of drug-likeness (QED) is 0.321. The van der Waals surface area contributed by atoms with E-state index in [9.17, 15) is 10.2 Å². The van der Waals surface area contributed by atoms with E-state index in [2.05, 4.69) is 20.6 Å². The van der Waals surface area contributed by atoms with E-state index in [-0.39, 0.29) is 0 Å². The number of hydrogen-bond donors (Lipinski definition) is 2. The van der Waals surface area contributed by atoms with Crippen LogP contribution in [-0.4, -0.2) is 22.2 Å². The van der Waals surface area contributed by atoms with Crippen molar-refractivity contribution >= 4 is 32.9 Å². The fourth-order valence-electron chi connectivity index (χ4n) is 6.67. The average molecular weight is 559 g/mol. The summed E-state index contributed by atoms with van der Waals surface area (Å²) in [5.41, 5.74) is 3.04. The summed E-state index contributed by atoms with van der Waals surface area (Å²) in [6.07, 6.45) is 3.14. The third kappa shape index (κ3) is 3.27. The number of benzene rings is 2. The number of furan rings is 2. The van der Waals surface area contributed by atoms with Gasteiger partial charge in [0.2, 0.25) is 24.2 Å². The van der Waals surface area contributed by atoms with Gasteiger partial charge in [0.05, 0.1) is 34.7 Å². The number of rotatable bonds is 4. The van der Waals surface area contributed by atoms with Gasteiger partial charge in [0.15, 0.2) is 11.5 Å². The second-order valence-corrected chi connectivity index (χ2v) is 10.8. The molecular weight excluding hydrogens is 536 g/mol. The van der Waals surface area contributed by atoms with Crippen LogP contribution in [0.2, 0.25) is 0 Å². The van der Waals surface area contributed by atoms with Gasteiger partial charge in [-0.25, -0.2) is 9.97 Å². The van der Waals surface area contributed by atoms with Crippen molar-refractivity contribution in [3.8, 4) is 11.8 Å².